The van der Waals surface area contributed by atoms with E-state index in [1.165, 1.54) is 0 Å². The van der Waals surface area contributed by atoms with Gasteiger partial charge in [-0.3, -0.25) is 4.40 Å². The molecule has 0 saturated heterocycles. The van der Waals surface area contributed by atoms with E-state index in [-0.39, 0.29) is 17.6 Å². The maximum atomic E-state index is 11.3. The van der Waals surface area contributed by atoms with E-state index in [2.05, 4.69) is 34.6 Å². The molecule has 7 heteroatoms. The molecule has 2 aliphatic carbocycles. The van der Waals surface area contributed by atoms with Crippen LogP contribution in [0.3, 0.4) is 0 Å². The molecule has 7 nitrogen and oxygen atoms in total. The van der Waals surface area contributed by atoms with Crippen LogP contribution < -0.4 is 15.8 Å². The number of nitrogens with one attached hydrogen (secondary N) is 1. The number of nitrogens with zero attached hydrogens (tertiary/aromatic N) is 3. The van der Waals surface area contributed by atoms with Crippen LogP contribution in [0.2, 0.25) is 0 Å². The maximum absolute atomic E-state index is 11.3. The molecule has 0 spiro atoms. The average Bonchev–Trinajstić information content (AvgIpc) is 3.28. The summed E-state index contributed by atoms with van der Waals surface area (Å²) < 4.78 is 8.35. The van der Waals surface area contributed by atoms with Crippen LogP contribution in [0, 0.1) is 0 Å². The van der Waals surface area contributed by atoms with E-state index < -0.39 is 6.03 Å². The molecule has 0 fully saturated rings. The van der Waals surface area contributed by atoms with E-state index in [0.717, 1.165) is 41.2 Å². The number of hydrogen-bond donors (Lipinski definition) is 2. The monoisotopic (exact) mass is 375 g/mol. The van der Waals surface area contributed by atoms with Crippen LogP contribution >= 0.6 is 0 Å². The minimum Gasteiger partial charge on any atom is -0.484 e. The second kappa shape index (κ2) is 6.09. The van der Waals surface area contributed by atoms with Crippen molar-refractivity contribution in [2.45, 2.75) is 37.3 Å². The molecule has 0 radical (unpaired) electrons. The highest BCUT2D eigenvalue weighted by Crippen LogP contribution is 2.40. The number of pyridine rings is 1. The molecule has 1 unspecified atom stereocenters. The molecular formula is C21H21N5O2. The van der Waals surface area contributed by atoms with Crippen LogP contribution in [0.25, 0.3) is 5.65 Å². The molecule has 2 atom stereocenters. The molecule has 2 amide bonds. The Morgan fingerprint density at radius 2 is 1.96 bits per heavy atom. The summed E-state index contributed by atoms with van der Waals surface area (Å²) in [6.45, 7) is 2.11. The molecule has 142 valence electrons. The largest absolute Gasteiger partial charge is 0.484 e. The summed E-state index contributed by atoms with van der Waals surface area (Å²) in [5, 5.41) is 11.4. The van der Waals surface area contributed by atoms with Crippen molar-refractivity contribution in [2.75, 3.05) is 0 Å². The fraction of sp³-hybridized carbons (Fsp3) is 0.286. The highest BCUT2D eigenvalue weighted by Gasteiger charge is 2.35. The van der Waals surface area contributed by atoms with Gasteiger partial charge in [-0.1, -0.05) is 36.4 Å². The first-order valence-corrected chi connectivity index (χ1v) is 9.41. The molecule has 2 aromatic heterocycles. The SMILES string of the molecule is CC1(c2nnc3ccc(OC4CC[C@H](NC(N)=O)c5ccccc54)cn23)C=C1. The summed E-state index contributed by atoms with van der Waals surface area (Å²) in [5.74, 6) is 1.65. The first-order valence-electron chi connectivity index (χ1n) is 9.41. The molecule has 3 aromatic rings. The Morgan fingerprint density at radius 1 is 1.18 bits per heavy atom. The zero-order chi connectivity index (χ0) is 19.3. The Bertz CT molecular complexity index is 1100. The third kappa shape index (κ3) is 2.79. The van der Waals surface area contributed by atoms with Crippen LogP contribution in [0.5, 0.6) is 5.75 Å². The summed E-state index contributed by atoms with van der Waals surface area (Å²) >= 11 is 0. The summed E-state index contributed by atoms with van der Waals surface area (Å²) in [7, 11) is 0. The second-order valence-corrected chi connectivity index (χ2v) is 7.61. The predicted molar refractivity (Wildman–Crippen MR) is 104 cm³/mol. The quantitative estimate of drug-likeness (QED) is 0.685. The molecule has 0 aliphatic heterocycles. The van der Waals surface area contributed by atoms with Gasteiger partial charge in [0.25, 0.3) is 0 Å². The van der Waals surface area contributed by atoms with Crippen LogP contribution in [0.1, 0.15) is 48.9 Å². The molecule has 0 saturated carbocycles. The summed E-state index contributed by atoms with van der Waals surface area (Å²) in [4.78, 5) is 11.3. The van der Waals surface area contributed by atoms with Gasteiger partial charge >= 0.3 is 6.03 Å². The number of hydrogen-bond acceptors (Lipinski definition) is 4. The van der Waals surface area contributed by atoms with Crippen molar-refractivity contribution in [2.24, 2.45) is 5.73 Å². The van der Waals surface area contributed by atoms with Crippen molar-refractivity contribution in [1.29, 1.82) is 0 Å². The van der Waals surface area contributed by atoms with Crippen molar-refractivity contribution in [1.82, 2.24) is 19.9 Å². The maximum Gasteiger partial charge on any atom is 0.312 e. The smallest absolute Gasteiger partial charge is 0.312 e. The summed E-state index contributed by atoms with van der Waals surface area (Å²) in [6, 6.07) is 11.3. The van der Waals surface area contributed by atoms with Crippen LogP contribution in [-0.2, 0) is 5.41 Å². The zero-order valence-corrected chi connectivity index (χ0v) is 15.5. The first kappa shape index (κ1) is 16.8. The normalized spacial score (nSPS) is 21.9. The lowest BCUT2D eigenvalue weighted by atomic mass is 9.85. The van der Waals surface area contributed by atoms with Gasteiger partial charge in [-0.15, -0.1) is 10.2 Å². The fourth-order valence-corrected chi connectivity index (χ4v) is 3.94. The topological polar surface area (TPSA) is 94.5 Å². The zero-order valence-electron chi connectivity index (χ0n) is 15.5. The minimum absolute atomic E-state index is 0.0821. The van der Waals surface area contributed by atoms with Gasteiger partial charge in [0, 0.05) is 0 Å². The first-order chi connectivity index (χ1) is 13.5. The number of rotatable bonds is 4. The Morgan fingerprint density at radius 3 is 2.71 bits per heavy atom. The van der Waals surface area contributed by atoms with E-state index in [1.807, 2.05) is 47.0 Å². The number of carbonyl (C=O) groups is 1. The van der Waals surface area contributed by atoms with Crippen molar-refractivity contribution in [3.63, 3.8) is 0 Å². The van der Waals surface area contributed by atoms with Crippen molar-refractivity contribution >= 4 is 11.7 Å². The van der Waals surface area contributed by atoms with Crippen molar-refractivity contribution < 1.29 is 9.53 Å². The number of aromatic nitrogens is 3. The summed E-state index contributed by atoms with van der Waals surface area (Å²) in [5.41, 5.74) is 8.14. The number of carbonyl (C=O) groups excluding carboxylic acids is 1. The molecule has 3 N–H and O–H groups in total. The number of amides is 2. The number of nitrogens with two attached hydrogens (primary N) is 1. The highest BCUT2D eigenvalue weighted by atomic mass is 16.5. The lowest BCUT2D eigenvalue weighted by Crippen LogP contribution is -2.36. The highest BCUT2D eigenvalue weighted by molar-refractivity contribution is 5.72. The Balaban J connectivity index is 1.45. The third-order valence-electron chi connectivity index (χ3n) is 5.55. The lowest BCUT2D eigenvalue weighted by Gasteiger charge is -2.32. The number of urea groups is 1. The van der Waals surface area contributed by atoms with Gasteiger partial charge in [0.15, 0.2) is 11.5 Å². The van der Waals surface area contributed by atoms with Gasteiger partial charge in [0.2, 0.25) is 0 Å². The second-order valence-electron chi connectivity index (χ2n) is 7.61. The van der Waals surface area contributed by atoms with Gasteiger partial charge in [0.1, 0.15) is 11.9 Å². The van der Waals surface area contributed by atoms with Gasteiger partial charge in [-0.25, -0.2) is 4.79 Å². The predicted octanol–water partition coefficient (Wildman–Crippen LogP) is 3.18. The number of ether oxygens (including phenoxy) is 1. The van der Waals surface area contributed by atoms with E-state index >= 15 is 0 Å². The Labute approximate surface area is 162 Å². The molecule has 28 heavy (non-hydrogen) atoms. The third-order valence-corrected chi connectivity index (χ3v) is 5.55. The molecule has 5 rings (SSSR count). The van der Waals surface area contributed by atoms with E-state index in [4.69, 9.17) is 10.5 Å². The van der Waals surface area contributed by atoms with Crippen LogP contribution in [0.15, 0.2) is 54.7 Å². The lowest BCUT2D eigenvalue weighted by molar-refractivity contribution is 0.171. The van der Waals surface area contributed by atoms with E-state index in [0.29, 0.717) is 0 Å². The summed E-state index contributed by atoms with van der Waals surface area (Å²) in [6.07, 6.45) is 7.64. The van der Waals surface area contributed by atoms with Crippen molar-refractivity contribution in [3.8, 4) is 5.75 Å². The minimum atomic E-state index is -0.507. The molecule has 2 aliphatic rings. The fourth-order valence-electron chi connectivity index (χ4n) is 3.94. The van der Waals surface area contributed by atoms with Gasteiger partial charge in [-0.05, 0) is 43.0 Å². The van der Waals surface area contributed by atoms with Gasteiger partial charge in [0.05, 0.1) is 17.7 Å². The molecule has 1 aromatic carbocycles. The van der Waals surface area contributed by atoms with Crippen LogP contribution in [-0.4, -0.2) is 20.6 Å². The van der Waals surface area contributed by atoms with Gasteiger partial charge in [-0.2, -0.15) is 0 Å². The van der Waals surface area contributed by atoms with Crippen LogP contribution in [0.4, 0.5) is 4.79 Å². The van der Waals surface area contributed by atoms with E-state index in [9.17, 15) is 4.79 Å². The number of primary amides is 1. The Kier molecular flexibility index (Phi) is 3.65. The molecule has 0 bridgehead atoms. The van der Waals surface area contributed by atoms with Crippen molar-refractivity contribution in [3.05, 3.63) is 71.7 Å². The Hall–Kier alpha value is -3.35. The molecule has 2 heterocycles. The number of allylic oxidation sites excluding steroid dienone is 2. The number of fused-ring (bicyclic) bond motifs is 2. The number of benzene rings is 1. The van der Waals surface area contributed by atoms with Gasteiger partial charge < -0.3 is 15.8 Å². The average molecular weight is 375 g/mol. The standard InChI is InChI=1S/C21H21N5O2/c1-21(10-11-21)19-25-24-18-9-6-13(12-26(18)19)28-17-8-7-16(23-20(22)27)14-4-2-3-5-15(14)17/h2-6,9-12,16-17H,7-8H2,1H3,(H3,22,23,27)/t16-,17?/m0/s1. The van der Waals surface area contributed by atoms with E-state index in [1.54, 1.807) is 0 Å². The molecular weight excluding hydrogens is 354 g/mol.